The zero-order valence-corrected chi connectivity index (χ0v) is 9.15. The number of amides is 1. The van der Waals surface area contributed by atoms with Crippen LogP contribution in [0.4, 0.5) is 13.9 Å². The third-order valence-electron chi connectivity index (χ3n) is 1.77. The summed E-state index contributed by atoms with van der Waals surface area (Å²) in [4.78, 5) is 16.8. The number of hydrogen-bond acceptors (Lipinski definition) is 4. The average Bonchev–Trinajstić information content (AvgIpc) is 2.42. The number of anilines is 1. The molecule has 0 saturated heterocycles. The summed E-state index contributed by atoms with van der Waals surface area (Å²) in [6.45, 7) is 1.03. The molecule has 4 nitrogen and oxygen atoms in total. The van der Waals surface area contributed by atoms with Crippen molar-refractivity contribution in [3.63, 3.8) is 0 Å². The lowest BCUT2D eigenvalue weighted by Gasteiger charge is -2.15. The molecule has 1 amide bonds. The van der Waals surface area contributed by atoms with E-state index in [4.69, 9.17) is 5.73 Å². The van der Waals surface area contributed by atoms with Gasteiger partial charge in [0, 0.05) is 7.05 Å². The molecule has 1 aromatic rings. The molecule has 0 aliphatic heterocycles. The standard InChI is InChI=1S/C8H11F2N3OS/c1-4-6(15-8(11)12-4)7(14)13(2)3-5(9)10/h5H,3H2,1-2H3,(H2,11,12). The maximum absolute atomic E-state index is 12.0. The first-order chi connectivity index (χ1) is 6.91. The minimum Gasteiger partial charge on any atom is -0.375 e. The van der Waals surface area contributed by atoms with Gasteiger partial charge in [0.2, 0.25) is 0 Å². The van der Waals surface area contributed by atoms with E-state index in [1.807, 2.05) is 0 Å². The monoisotopic (exact) mass is 235 g/mol. The number of rotatable bonds is 3. The van der Waals surface area contributed by atoms with Crippen molar-refractivity contribution in [1.82, 2.24) is 9.88 Å². The van der Waals surface area contributed by atoms with E-state index in [-0.39, 0.29) is 5.13 Å². The molecule has 0 unspecified atom stereocenters. The van der Waals surface area contributed by atoms with Crippen LogP contribution in [0.2, 0.25) is 0 Å². The van der Waals surface area contributed by atoms with Crippen LogP contribution in [0.5, 0.6) is 0 Å². The summed E-state index contributed by atoms with van der Waals surface area (Å²) in [7, 11) is 1.32. The second-order valence-corrected chi connectivity index (χ2v) is 4.07. The molecule has 7 heteroatoms. The van der Waals surface area contributed by atoms with Gasteiger partial charge in [-0.15, -0.1) is 0 Å². The zero-order valence-electron chi connectivity index (χ0n) is 8.33. The summed E-state index contributed by atoms with van der Waals surface area (Å²) in [5, 5.41) is 0.265. The average molecular weight is 235 g/mol. The summed E-state index contributed by atoms with van der Waals surface area (Å²) in [5.74, 6) is -0.470. The topological polar surface area (TPSA) is 59.2 Å². The van der Waals surface area contributed by atoms with Gasteiger partial charge in [0.05, 0.1) is 12.2 Å². The molecule has 0 aliphatic rings. The van der Waals surface area contributed by atoms with E-state index in [1.165, 1.54) is 7.05 Å². The maximum atomic E-state index is 12.0. The van der Waals surface area contributed by atoms with E-state index in [1.54, 1.807) is 6.92 Å². The predicted octanol–water partition coefficient (Wildman–Crippen LogP) is 1.37. The van der Waals surface area contributed by atoms with E-state index in [9.17, 15) is 13.6 Å². The van der Waals surface area contributed by atoms with Crippen molar-refractivity contribution in [3.05, 3.63) is 10.6 Å². The fourth-order valence-corrected chi connectivity index (χ4v) is 1.91. The first-order valence-electron chi connectivity index (χ1n) is 4.18. The zero-order chi connectivity index (χ0) is 11.6. The Balaban J connectivity index is 2.80. The fourth-order valence-electron chi connectivity index (χ4n) is 1.08. The first-order valence-corrected chi connectivity index (χ1v) is 5.00. The molecule has 0 radical (unpaired) electrons. The van der Waals surface area contributed by atoms with Crippen LogP contribution in [-0.4, -0.2) is 35.8 Å². The van der Waals surface area contributed by atoms with Crippen molar-refractivity contribution in [2.45, 2.75) is 13.3 Å². The number of aromatic nitrogens is 1. The molecule has 2 N–H and O–H groups in total. The SMILES string of the molecule is Cc1nc(N)sc1C(=O)N(C)CC(F)F. The maximum Gasteiger partial charge on any atom is 0.265 e. The highest BCUT2D eigenvalue weighted by molar-refractivity contribution is 7.17. The number of nitrogens with two attached hydrogens (primary N) is 1. The van der Waals surface area contributed by atoms with Gasteiger partial charge in [-0.3, -0.25) is 4.79 Å². The molecule has 1 aromatic heterocycles. The van der Waals surface area contributed by atoms with Crippen molar-refractivity contribution < 1.29 is 13.6 Å². The van der Waals surface area contributed by atoms with Crippen LogP contribution < -0.4 is 5.73 Å². The molecule has 15 heavy (non-hydrogen) atoms. The molecule has 1 heterocycles. The largest absolute Gasteiger partial charge is 0.375 e. The Morgan fingerprint density at radius 2 is 2.27 bits per heavy atom. The summed E-state index contributed by atoms with van der Waals surface area (Å²) in [5.41, 5.74) is 5.88. The van der Waals surface area contributed by atoms with Gasteiger partial charge < -0.3 is 10.6 Å². The number of carbonyl (C=O) groups is 1. The van der Waals surface area contributed by atoms with Crippen molar-refractivity contribution in [2.24, 2.45) is 0 Å². The Hall–Kier alpha value is -1.24. The van der Waals surface area contributed by atoms with Crippen molar-refractivity contribution in [3.8, 4) is 0 Å². The molecule has 84 valence electrons. The van der Waals surface area contributed by atoms with E-state index >= 15 is 0 Å². The Labute approximate surface area is 89.7 Å². The van der Waals surface area contributed by atoms with Gasteiger partial charge in [-0.1, -0.05) is 11.3 Å². The molecule has 0 bridgehead atoms. The lowest BCUT2D eigenvalue weighted by atomic mass is 10.3. The van der Waals surface area contributed by atoms with Gasteiger partial charge in [-0.25, -0.2) is 13.8 Å². The Bertz CT molecular complexity index is 367. The lowest BCUT2D eigenvalue weighted by Crippen LogP contribution is -2.31. The number of nitrogens with zero attached hydrogens (tertiary/aromatic N) is 2. The molecular weight excluding hydrogens is 224 g/mol. The first kappa shape index (κ1) is 11.8. The summed E-state index contributed by atoms with van der Waals surface area (Å²) < 4.78 is 24.1. The molecule has 0 spiro atoms. The van der Waals surface area contributed by atoms with Gasteiger partial charge in [-0.05, 0) is 6.92 Å². The highest BCUT2D eigenvalue weighted by Crippen LogP contribution is 2.21. The Morgan fingerprint density at radius 3 is 2.67 bits per heavy atom. The lowest BCUT2D eigenvalue weighted by molar-refractivity contribution is 0.0623. The minimum absolute atomic E-state index is 0.265. The van der Waals surface area contributed by atoms with Crippen molar-refractivity contribution in [2.75, 3.05) is 19.3 Å². The van der Waals surface area contributed by atoms with Crippen LogP contribution in [-0.2, 0) is 0 Å². The number of alkyl halides is 2. The van der Waals surface area contributed by atoms with Crippen LogP contribution in [0, 0.1) is 6.92 Å². The Morgan fingerprint density at radius 1 is 1.67 bits per heavy atom. The third-order valence-corrected chi connectivity index (χ3v) is 2.74. The number of carbonyl (C=O) groups excluding carboxylic acids is 1. The number of nitrogen functional groups attached to an aromatic ring is 1. The fraction of sp³-hybridized carbons (Fsp3) is 0.500. The molecule has 1 rings (SSSR count). The van der Waals surface area contributed by atoms with Crippen LogP contribution in [0.25, 0.3) is 0 Å². The van der Waals surface area contributed by atoms with Crippen molar-refractivity contribution >= 4 is 22.4 Å². The molecule has 0 atom stereocenters. The minimum atomic E-state index is -2.54. The second kappa shape index (κ2) is 4.52. The molecule has 0 aliphatic carbocycles. The predicted molar refractivity (Wildman–Crippen MR) is 54.2 cm³/mol. The van der Waals surface area contributed by atoms with Crippen LogP contribution in [0.3, 0.4) is 0 Å². The van der Waals surface area contributed by atoms with Gasteiger partial charge in [0.15, 0.2) is 5.13 Å². The number of aryl methyl sites for hydroxylation is 1. The Kier molecular flexibility index (Phi) is 3.57. The van der Waals surface area contributed by atoms with Crippen LogP contribution in [0.1, 0.15) is 15.4 Å². The van der Waals surface area contributed by atoms with E-state index in [2.05, 4.69) is 4.98 Å². The molecular formula is C8H11F2N3OS. The normalized spacial score (nSPS) is 10.7. The number of hydrogen-bond donors (Lipinski definition) is 1. The highest BCUT2D eigenvalue weighted by atomic mass is 32.1. The molecule has 0 fully saturated rings. The summed E-state index contributed by atoms with van der Waals surface area (Å²) >= 11 is 1.01. The van der Waals surface area contributed by atoms with Gasteiger partial charge >= 0.3 is 0 Å². The summed E-state index contributed by atoms with van der Waals surface area (Å²) in [6.07, 6.45) is -2.54. The quantitative estimate of drug-likeness (QED) is 0.860. The van der Waals surface area contributed by atoms with E-state index < -0.39 is 18.9 Å². The van der Waals surface area contributed by atoms with Gasteiger partial charge in [0.25, 0.3) is 12.3 Å². The third kappa shape index (κ3) is 2.85. The smallest absolute Gasteiger partial charge is 0.265 e. The van der Waals surface area contributed by atoms with E-state index in [0.717, 1.165) is 16.2 Å². The van der Waals surface area contributed by atoms with Gasteiger partial charge in [0.1, 0.15) is 4.88 Å². The second-order valence-electron chi connectivity index (χ2n) is 3.04. The molecule has 0 aromatic carbocycles. The van der Waals surface area contributed by atoms with Crippen LogP contribution in [0.15, 0.2) is 0 Å². The summed E-state index contributed by atoms with van der Waals surface area (Å²) in [6, 6.07) is 0. The molecule has 0 saturated carbocycles. The number of halogens is 2. The highest BCUT2D eigenvalue weighted by Gasteiger charge is 2.20. The van der Waals surface area contributed by atoms with Crippen molar-refractivity contribution in [1.29, 1.82) is 0 Å². The van der Waals surface area contributed by atoms with Gasteiger partial charge in [-0.2, -0.15) is 0 Å². The number of thiazole rings is 1. The van der Waals surface area contributed by atoms with E-state index in [0.29, 0.717) is 10.6 Å². The van der Waals surface area contributed by atoms with Crippen LogP contribution >= 0.6 is 11.3 Å².